The Morgan fingerprint density at radius 2 is 1.10 bits per heavy atom. The molecule has 0 aromatic heterocycles. The molecule has 0 aliphatic rings. The molecule has 0 nitrogen and oxygen atoms in total. The van der Waals surface area contributed by atoms with Crippen LogP contribution in [0.25, 0.3) is 0 Å². The Balaban J connectivity index is -0.00000000800. The van der Waals surface area contributed by atoms with E-state index in [0.717, 1.165) is 6.42 Å². The van der Waals surface area contributed by atoms with Crippen LogP contribution >= 0.6 is 0 Å². The van der Waals surface area contributed by atoms with Gasteiger partial charge in [0, 0.05) is 98.1 Å². The summed E-state index contributed by atoms with van der Waals surface area (Å²) in [5.74, 6) is 0.273. The topological polar surface area (TPSA) is 0 Å². The van der Waals surface area contributed by atoms with Crippen LogP contribution in [0, 0.1) is 34.1 Å². The number of hydrogen-bond donors (Lipinski definition) is 0. The van der Waals surface area contributed by atoms with E-state index in [2.05, 4.69) is 20.8 Å². The second-order valence-corrected chi connectivity index (χ2v) is 1.15. The van der Waals surface area contributed by atoms with Crippen molar-refractivity contribution in [3.8, 4) is 0 Å². The summed E-state index contributed by atoms with van der Waals surface area (Å²) in [6.45, 7) is 10.7. The van der Waals surface area contributed by atoms with Gasteiger partial charge in [-0.3, -0.25) is 0 Å². The van der Waals surface area contributed by atoms with Crippen LogP contribution in [0.1, 0.15) is 6.42 Å². The average molecular weight is 440 g/mol. The average Bonchev–Trinajstić information content (AvgIpc) is 1.38. The molecule has 0 aliphatic carbocycles. The minimum absolute atomic E-state index is 0. The van der Waals surface area contributed by atoms with Gasteiger partial charge in [-0.25, -0.2) is 6.42 Å². The van der Waals surface area contributed by atoms with E-state index in [1.54, 1.807) is 0 Å². The summed E-state index contributed by atoms with van der Waals surface area (Å²) in [5, 5.41) is 0. The minimum Gasteiger partial charge on any atom is -0.372 e. The molecule has 0 spiro atoms. The van der Waals surface area contributed by atoms with Crippen molar-refractivity contribution in [2.45, 2.75) is 6.42 Å². The van der Waals surface area contributed by atoms with E-state index >= 15 is 0 Å². The maximum Gasteiger partial charge on any atom is 3.00 e. The third-order valence-corrected chi connectivity index (χ3v) is 0.408. The van der Waals surface area contributed by atoms with Crippen molar-refractivity contribution in [3.05, 3.63) is 28.2 Å². The second-order valence-electron chi connectivity index (χ2n) is 1.15. The predicted octanol–water partition coefficient (Wildman–Crippen LogP) is 1.94. The van der Waals surface area contributed by atoms with E-state index in [1.165, 1.54) is 0 Å². The van der Waals surface area contributed by atoms with Crippen LogP contribution in [0.3, 0.4) is 0 Å². The van der Waals surface area contributed by atoms with Gasteiger partial charge in [0.05, 0.1) is 0 Å². The molecule has 0 heterocycles. The van der Waals surface area contributed by atoms with E-state index in [1.807, 2.05) is 0 Å². The zero-order valence-electron chi connectivity index (χ0n) is 6.72. The summed E-state index contributed by atoms with van der Waals surface area (Å²) in [4.78, 5) is 0. The van der Waals surface area contributed by atoms with E-state index in [0.29, 0.717) is 0 Å². The molecule has 0 aliphatic heterocycles. The molecule has 0 amide bonds. The standard InChI is InChI=1S/C5H9.CH3.4Y/c1-4-5(2)3;;;;;/h5H,1-4H2;1H3;;;;/q-3;-1;;;;+3. The molecule has 0 aromatic rings. The van der Waals surface area contributed by atoms with Crippen LogP contribution in [-0.2, 0) is 131 Å². The van der Waals surface area contributed by atoms with Crippen molar-refractivity contribution >= 4 is 0 Å². The molecule has 0 saturated carbocycles. The Morgan fingerprint density at radius 1 is 1.00 bits per heavy atom. The first-order valence-corrected chi connectivity index (χ1v) is 1.72. The van der Waals surface area contributed by atoms with Crippen molar-refractivity contribution in [1.29, 1.82) is 0 Å². The second kappa shape index (κ2) is 29.2. The molecule has 0 fully saturated rings. The Morgan fingerprint density at radius 3 is 1.10 bits per heavy atom. The van der Waals surface area contributed by atoms with Gasteiger partial charge in [-0.15, -0.1) is 0 Å². The summed E-state index contributed by atoms with van der Waals surface area (Å²) in [6, 6.07) is 0. The zero-order valence-corrected chi connectivity index (χ0v) is 18.1. The van der Waals surface area contributed by atoms with Crippen molar-refractivity contribution in [2.75, 3.05) is 0 Å². The first-order chi connectivity index (χ1) is 2.27. The van der Waals surface area contributed by atoms with Crippen LogP contribution in [0.5, 0.6) is 0 Å². The smallest absolute Gasteiger partial charge is 0.372 e. The van der Waals surface area contributed by atoms with Gasteiger partial charge in [0.2, 0.25) is 0 Å². The van der Waals surface area contributed by atoms with Gasteiger partial charge in [0.25, 0.3) is 0 Å². The van der Waals surface area contributed by atoms with E-state index in [4.69, 9.17) is 0 Å². The summed E-state index contributed by atoms with van der Waals surface area (Å²) >= 11 is 0. The summed E-state index contributed by atoms with van der Waals surface area (Å²) in [5.41, 5.74) is 0. The monoisotopic (exact) mass is 440 g/mol. The van der Waals surface area contributed by atoms with Gasteiger partial charge in [-0.05, 0) is 0 Å². The summed E-state index contributed by atoms with van der Waals surface area (Å²) in [7, 11) is 0. The fourth-order valence-corrected chi connectivity index (χ4v) is 0. The van der Waals surface area contributed by atoms with Crippen LogP contribution < -0.4 is 0 Å². The van der Waals surface area contributed by atoms with Crippen LogP contribution in [0.2, 0.25) is 0 Å². The van der Waals surface area contributed by atoms with Crippen molar-refractivity contribution < 1.29 is 131 Å². The molecule has 49 valence electrons. The van der Waals surface area contributed by atoms with Gasteiger partial charge >= 0.3 is 32.7 Å². The Kier molecular flexibility index (Phi) is 107. The van der Waals surface area contributed by atoms with Gasteiger partial charge in [-0.1, -0.05) is 0 Å². The van der Waals surface area contributed by atoms with Gasteiger partial charge < -0.3 is 34.1 Å². The molecule has 0 saturated heterocycles. The number of hydrogen-bond acceptors (Lipinski definition) is 0. The molecule has 10 heavy (non-hydrogen) atoms. The zero-order chi connectivity index (χ0) is 4.28. The van der Waals surface area contributed by atoms with Crippen LogP contribution in [0.4, 0.5) is 0 Å². The van der Waals surface area contributed by atoms with Gasteiger partial charge in [0.15, 0.2) is 0 Å². The van der Waals surface area contributed by atoms with Gasteiger partial charge in [-0.2, -0.15) is 0 Å². The third kappa shape index (κ3) is 39.3. The summed E-state index contributed by atoms with van der Waals surface area (Å²) < 4.78 is 0. The largest absolute Gasteiger partial charge is 3.00 e. The molecule has 4 heteroatoms. The quantitative estimate of drug-likeness (QED) is 0.548. The van der Waals surface area contributed by atoms with E-state index in [9.17, 15) is 0 Å². The Bertz CT molecular complexity index is 23.7. The number of rotatable bonds is 1. The maximum atomic E-state index is 3.58. The van der Waals surface area contributed by atoms with Crippen molar-refractivity contribution in [3.63, 3.8) is 0 Å². The molecule has 0 atom stereocenters. The fraction of sp³-hybridized carbons (Fsp3) is 0.333. The molecule has 0 aromatic carbocycles. The molecule has 0 unspecified atom stereocenters. The van der Waals surface area contributed by atoms with Crippen molar-refractivity contribution in [2.24, 2.45) is 5.92 Å². The Hall–Kier alpha value is 4.42. The van der Waals surface area contributed by atoms with Crippen molar-refractivity contribution in [1.82, 2.24) is 0 Å². The van der Waals surface area contributed by atoms with Crippen LogP contribution in [0.15, 0.2) is 0 Å². The maximum absolute atomic E-state index is 3.58. The first kappa shape index (κ1) is 36.6. The van der Waals surface area contributed by atoms with Gasteiger partial charge in [0.1, 0.15) is 0 Å². The normalized spacial score (nSPS) is 4.80. The SMILES string of the molecule is [CH2-]CC([CH2-])[CH2-].[CH3-].[Y+3].[Y].[Y].[Y]. The third-order valence-electron chi connectivity index (χ3n) is 0.408. The summed E-state index contributed by atoms with van der Waals surface area (Å²) in [6.07, 6.45) is 0.833. The molecular weight excluding hydrogens is 428 g/mol. The Labute approximate surface area is 167 Å². The molecular formula is C6H12Y4-. The van der Waals surface area contributed by atoms with E-state index < -0.39 is 0 Å². The molecule has 0 N–H and O–H groups in total. The van der Waals surface area contributed by atoms with Crippen LogP contribution in [-0.4, -0.2) is 0 Å². The predicted molar refractivity (Wildman–Crippen MR) is 30.6 cm³/mol. The molecule has 0 rings (SSSR count). The molecule has 0 bridgehead atoms. The fourth-order valence-electron chi connectivity index (χ4n) is 0. The molecule has 3 radical (unpaired) electrons. The minimum atomic E-state index is 0. The first-order valence-electron chi connectivity index (χ1n) is 1.72. The van der Waals surface area contributed by atoms with E-state index in [-0.39, 0.29) is 144 Å².